The summed E-state index contributed by atoms with van der Waals surface area (Å²) in [5, 5.41) is 5.47. The van der Waals surface area contributed by atoms with Crippen LogP contribution in [0.4, 0.5) is 19.0 Å². The van der Waals surface area contributed by atoms with Crippen molar-refractivity contribution in [3.05, 3.63) is 84.2 Å². The number of likely N-dealkylation sites (tertiary alicyclic amines) is 1. The van der Waals surface area contributed by atoms with Crippen molar-refractivity contribution in [3.8, 4) is 11.3 Å². The first kappa shape index (κ1) is 27.0. The minimum Gasteiger partial charge on any atom is -0.383 e. The summed E-state index contributed by atoms with van der Waals surface area (Å²) in [6.07, 6.45) is 0.265. The Morgan fingerprint density at radius 3 is 2.62 bits per heavy atom. The Morgan fingerprint density at radius 1 is 1.12 bits per heavy atom. The van der Waals surface area contributed by atoms with Gasteiger partial charge in [0.1, 0.15) is 17.8 Å². The number of rotatable bonds is 7. The number of ketones is 1. The van der Waals surface area contributed by atoms with Gasteiger partial charge in [0.05, 0.1) is 17.0 Å². The maximum absolute atomic E-state index is 13.0. The third-order valence-electron chi connectivity index (χ3n) is 7.13. The summed E-state index contributed by atoms with van der Waals surface area (Å²) in [6.45, 7) is 4.72. The van der Waals surface area contributed by atoms with Gasteiger partial charge in [0.2, 0.25) is 5.91 Å². The number of amides is 1. The number of Topliss-reactive ketones (excluding diaryl/α,β-unsaturated/α-hetero) is 1. The zero-order valence-corrected chi connectivity index (χ0v) is 21.6. The lowest BCUT2D eigenvalue weighted by atomic mass is 9.99. The van der Waals surface area contributed by atoms with E-state index in [4.69, 9.17) is 10.8 Å². The maximum atomic E-state index is 13.0. The molecule has 8 nitrogen and oxygen atoms in total. The van der Waals surface area contributed by atoms with Crippen LogP contribution in [0.2, 0.25) is 0 Å². The number of aromatic nitrogens is 4. The fourth-order valence-corrected chi connectivity index (χ4v) is 5.04. The SMILES string of the molecule is C=CC(=O)N1CCCC(n2nc(-c3ccc(CCC(=O)c4cccc(C(F)(F)F)c4)cc3)c3c(N)ncnc32)C1. The van der Waals surface area contributed by atoms with Crippen LogP contribution >= 0.6 is 0 Å². The number of piperidine rings is 1. The number of alkyl halides is 3. The number of nitrogens with two attached hydrogens (primary N) is 1. The molecule has 1 fully saturated rings. The van der Waals surface area contributed by atoms with Crippen molar-refractivity contribution in [2.75, 3.05) is 18.8 Å². The van der Waals surface area contributed by atoms with E-state index in [9.17, 15) is 22.8 Å². The molecular formula is C29H27F3N6O2. The van der Waals surface area contributed by atoms with E-state index in [1.54, 1.807) is 4.90 Å². The summed E-state index contributed by atoms with van der Waals surface area (Å²) in [4.78, 5) is 35.1. The minimum absolute atomic E-state index is 0.0370. The van der Waals surface area contributed by atoms with E-state index in [-0.39, 0.29) is 35.5 Å². The number of hydrogen-bond donors (Lipinski definition) is 1. The van der Waals surface area contributed by atoms with E-state index in [1.165, 1.54) is 24.5 Å². The van der Waals surface area contributed by atoms with Crippen LogP contribution in [0.15, 0.2) is 67.5 Å². The topological polar surface area (TPSA) is 107 Å². The molecule has 206 valence electrons. The molecule has 1 aliphatic rings. The van der Waals surface area contributed by atoms with Gasteiger partial charge in [-0.15, -0.1) is 0 Å². The smallest absolute Gasteiger partial charge is 0.383 e. The van der Waals surface area contributed by atoms with Crippen LogP contribution in [0, 0.1) is 0 Å². The van der Waals surface area contributed by atoms with E-state index >= 15 is 0 Å². The number of benzene rings is 2. The molecule has 1 amide bonds. The number of nitrogens with zero attached hydrogens (tertiary/aromatic N) is 5. The van der Waals surface area contributed by atoms with Crippen molar-refractivity contribution in [2.45, 2.75) is 37.9 Å². The molecular weight excluding hydrogens is 521 g/mol. The standard InChI is InChI=1S/C29H27F3N6O2/c1-2-24(40)37-14-4-7-22(16-37)38-28-25(27(33)34-17-35-28)26(36-38)19-11-8-18(9-12-19)10-13-23(39)20-5-3-6-21(15-20)29(30,31)32/h2-3,5-6,8-9,11-12,15,17,22H,1,4,7,10,13-14,16H2,(H2,33,34,35). The molecule has 1 saturated heterocycles. The van der Waals surface area contributed by atoms with Crippen molar-refractivity contribution in [1.29, 1.82) is 0 Å². The summed E-state index contributed by atoms with van der Waals surface area (Å²) in [7, 11) is 0. The van der Waals surface area contributed by atoms with E-state index in [0.717, 1.165) is 36.1 Å². The zero-order valence-electron chi connectivity index (χ0n) is 21.6. The number of nitrogen functional groups attached to an aromatic ring is 1. The third kappa shape index (κ3) is 5.45. The summed E-state index contributed by atoms with van der Waals surface area (Å²) >= 11 is 0. The van der Waals surface area contributed by atoms with Crippen LogP contribution < -0.4 is 5.73 Å². The first-order valence-corrected chi connectivity index (χ1v) is 12.9. The Bertz CT molecular complexity index is 1580. The monoisotopic (exact) mass is 548 g/mol. The second-order valence-electron chi connectivity index (χ2n) is 9.73. The van der Waals surface area contributed by atoms with Crippen molar-refractivity contribution >= 4 is 28.5 Å². The molecule has 2 aromatic carbocycles. The van der Waals surface area contributed by atoms with Gasteiger partial charge in [-0.05, 0) is 43.0 Å². The molecule has 1 aliphatic heterocycles. The Labute approximate surface area is 228 Å². The summed E-state index contributed by atoms with van der Waals surface area (Å²) < 4.78 is 40.8. The van der Waals surface area contributed by atoms with Crippen LogP contribution in [-0.4, -0.2) is 49.4 Å². The number of hydrogen-bond acceptors (Lipinski definition) is 6. The first-order chi connectivity index (χ1) is 19.2. The van der Waals surface area contributed by atoms with Crippen molar-refractivity contribution in [2.24, 2.45) is 0 Å². The average molecular weight is 549 g/mol. The van der Waals surface area contributed by atoms with E-state index in [0.29, 0.717) is 36.2 Å². The lowest BCUT2D eigenvalue weighted by molar-refractivity contribution is -0.137. The molecule has 5 rings (SSSR count). The molecule has 1 atom stereocenters. The second-order valence-corrected chi connectivity index (χ2v) is 9.73. The molecule has 0 saturated carbocycles. The van der Waals surface area contributed by atoms with Gasteiger partial charge in [-0.1, -0.05) is 43.0 Å². The normalized spacial score (nSPS) is 15.8. The van der Waals surface area contributed by atoms with Gasteiger partial charge >= 0.3 is 6.18 Å². The summed E-state index contributed by atoms with van der Waals surface area (Å²) in [6, 6.07) is 11.8. The molecule has 3 heterocycles. The van der Waals surface area contributed by atoms with Crippen LogP contribution in [-0.2, 0) is 17.4 Å². The van der Waals surface area contributed by atoms with E-state index in [1.807, 2.05) is 28.9 Å². The van der Waals surface area contributed by atoms with E-state index in [2.05, 4.69) is 16.5 Å². The highest BCUT2D eigenvalue weighted by molar-refractivity contribution is 5.98. The molecule has 0 spiro atoms. The van der Waals surface area contributed by atoms with Crippen LogP contribution in [0.5, 0.6) is 0 Å². The third-order valence-corrected chi connectivity index (χ3v) is 7.13. The van der Waals surface area contributed by atoms with Gasteiger partial charge in [-0.25, -0.2) is 14.6 Å². The fourth-order valence-electron chi connectivity index (χ4n) is 5.04. The van der Waals surface area contributed by atoms with Crippen molar-refractivity contribution in [1.82, 2.24) is 24.6 Å². The van der Waals surface area contributed by atoms with Gasteiger partial charge in [0, 0.05) is 30.6 Å². The van der Waals surface area contributed by atoms with Crippen molar-refractivity contribution in [3.63, 3.8) is 0 Å². The largest absolute Gasteiger partial charge is 0.416 e. The molecule has 11 heteroatoms. The molecule has 0 bridgehead atoms. The van der Waals surface area contributed by atoms with Crippen LogP contribution in [0.1, 0.15) is 46.8 Å². The van der Waals surface area contributed by atoms with Gasteiger partial charge in [0.25, 0.3) is 0 Å². The molecule has 0 aliphatic carbocycles. The number of anilines is 1. The highest BCUT2D eigenvalue weighted by Crippen LogP contribution is 2.34. The Morgan fingerprint density at radius 2 is 1.90 bits per heavy atom. The summed E-state index contributed by atoms with van der Waals surface area (Å²) in [5.74, 6) is -0.198. The number of carbonyl (C=O) groups is 2. The number of carbonyl (C=O) groups excluding carboxylic acids is 2. The Balaban J connectivity index is 1.36. The predicted octanol–water partition coefficient (Wildman–Crippen LogP) is 5.26. The fraction of sp³-hybridized carbons (Fsp3) is 0.276. The average Bonchev–Trinajstić information content (AvgIpc) is 3.36. The minimum atomic E-state index is -4.50. The van der Waals surface area contributed by atoms with Gasteiger partial charge in [-0.2, -0.15) is 18.3 Å². The van der Waals surface area contributed by atoms with Gasteiger partial charge < -0.3 is 10.6 Å². The van der Waals surface area contributed by atoms with Crippen LogP contribution in [0.3, 0.4) is 0 Å². The first-order valence-electron chi connectivity index (χ1n) is 12.9. The van der Waals surface area contributed by atoms with E-state index < -0.39 is 11.7 Å². The molecule has 2 N–H and O–H groups in total. The Hall–Kier alpha value is -4.54. The highest BCUT2D eigenvalue weighted by atomic mass is 19.4. The predicted molar refractivity (Wildman–Crippen MR) is 144 cm³/mol. The lowest BCUT2D eigenvalue weighted by Gasteiger charge is -2.32. The molecule has 2 aromatic heterocycles. The maximum Gasteiger partial charge on any atom is 0.416 e. The van der Waals surface area contributed by atoms with Crippen molar-refractivity contribution < 1.29 is 22.8 Å². The molecule has 4 aromatic rings. The summed E-state index contributed by atoms with van der Waals surface area (Å²) in [5.41, 5.74) is 8.25. The molecule has 40 heavy (non-hydrogen) atoms. The number of aryl methyl sites for hydroxylation is 1. The highest BCUT2D eigenvalue weighted by Gasteiger charge is 2.31. The Kier molecular flexibility index (Phi) is 7.38. The molecule has 1 unspecified atom stereocenters. The number of fused-ring (bicyclic) bond motifs is 1. The molecule has 0 radical (unpaired) electrons. The van der Waals surface area contributed by atoms with Gasteiger partial charge in [-0.3, -0.25) is 9.59 Å². The second kappa shape index (κ2) is 10.9. The zero-order chi connectivity index (χ0) is 28.4. The lowest BCUT2D eigenvalue weighted by Crippen LogP contribution is -2.40. The van der Waals surface area contributed by atoms with Crippen LogP contribution in [0.25, 0.3) is 22.3 Å². The number of halogens is 3. The quantitative estimate of drug-likeness (QED) is 0.249. The van der Waals surface area contributed by atoms with Gasteiger partial charge in [0.15, 0.2) is 11.4 Å².